The van der Waals surface area contributed by atoms with Gasteiger partial charge in [-0.05, 0) is 0 Å². The van der Waals surface area contributed by atoms with Crippen LogP contribution in [0.2, 0.25) is 0 Å². The van der Waals surface area contributed by atoms with Gasteiger partial charge in [0.25, 0.3) is 0 Å². The Labute approximate surface area is 840 Å². The Morgan fingerprint density at radius 2 is 0.0609 bits per heavy atom. The second-order valence-corrected chi connectivity index (χ2v) is 5.14. The van der Waals surface area contributed by atoms with Crippen LogP contribution in [0.25, 0.3) is 0 Å². The molecule has 0 saturated heterocycles. The average Bonchev–Trinajstić information content (AvgIpc) is 3.09. The van der Waals surface area contributed by atoms with Gasteiger partial charge in [-0.25, -0.2) is 0 Å². The molecule has 0 aliphatic carbocycles. The van der Waals surface area contributed by atoms with E-state index >= 15 is 0 Å². The molecule has 0 aromatic rings. The first-order chi connectivity index (χ1) is 39.8. The van der Waals surface area contributed by atoms with Crippen LogP contribution in [0.3, 0.4) is 0 Å². The van der Waals surface area contributed by atoms with Crippen LogP contribution in [0.1, 0.15) is 0 Å². The van der Waals surface area contributed by atoms with Crippen LogP contribution < -0.4 is 0 Å². The molecule has 0 N–H and O–H groups in total. The van der Waals surface area contributed by atoms with Crippen LogP contribution in [0, 0.1) is 352 Å². The molecule has 115 heteroatoms. The summed E-state index contributed by atoms with van der Waals surface area (Å²) in [5.41, 5.74) is 0. The summed E-state index contributed by atoms with van der Waals surface area (Å²) in [6.45, 7) is 0. The van der Waals surface area contributed by atoms with E-state index in [1.807, 2.05) is 0 Å². The molecule has 0 amide bonds. The van der Waals surface area contributed by atoms with Crippen molar-refractivity contribution >= 4 is 0 Å². The van der Waals surface area contributed by atoms with Crippen molar-refractivity contribution < 1.29 is 496 Å². The van der Waals surface area contributed by atoms with E-state index in [1.165, 1.54) is 0 Å². The predicted octanol–water partition coefficient (Wildman–Crippen LogP) is -5.56. The van der Waals surface area contributed by atoms with E-state index < -0.39 is 117 Å². The molecule has 115 heavy (non-hydrogen) atoms. The molecule has 0 aliphatic heterocycles. The van der Waals surface area contributed by atoms with Gasteiger partial charge in [-0.1, -0.05) is 0 Å². The molecule has 0 saturated carbocycles. The fourth-order valence-electron chi connectivity index (χ4n) is 0. The summed E-state index contributed by atoms with van der Waals surface area (Å²) in [4.78, 5) is 190. The minimum absolute atomic E-state index is 0. The maximum atomic E-state index is 8.25. The predicted molar refractivity (Wildman–Crippen MR) is 238 cm³/mol. The Morgan fingerprint density at radius 1 is 0.0609 bits per heavy atom. The SMILES string of the molecule is O=[N+]([O-])[O-].O=[N+]([O-])[O-].O=[N+]([O-])[O-].O=[N+]([O-])[O-].O=[N+]([O-])[O-].O=[N+]([O-])[O-].O=[N+]([O-])[O-].O=[N+]([O-])[O-].O=[N+]([O-])[O-].O=[N+]([O-])[O-].O=[N+]([O-])[O-].O=[N+]([O-])[O-].O=[N+]([O-])[O-].O=[N+]([O-])[O-].O=[N+]([O-])[O-].O=[N+]([O-])[O-].O=[N+]([O-])[O-].O=[N+]([O-])[O-].O=[N+]([O-])[O-].O=[N+]([O-])[O-].O=[N+]([O-])[O-].O=[N+]([O-])[O-].O=[N+]([O-])[O-].[Ni+2].[Ni+2].[Ni+2].[Ni+2].[Ni+2].[Ni+2].[Ni+2].[Ni+2].[Ni+2].[Ni+2].[Ni+2].[Ni+2].[Ni+2].[Ni+2].[Ni+2].[Ni+2].[Ni+2].[Ni+2].[Ni+2].[Ni+2].[Ni+2].[Ni+2].[Ni+2]. The summed E-state index contributed by atoms with van der Waals surface area (Å²) in [7, 11) is 0. The second kappa shape index (κ2) is 313. The third-order valence-electron chi connectivity index (χ3n) is 0. The van der Waals surface area contributed by atoms with Crippen LogP contribution >= 0.6 is 0 Å². The van der Waals surface area contributed by atoms with Crippen molar-refractivity contribution in [3.8, 4) is 0 Å². The molecule has 0 aromatic heterocycles. The molecule has 736 valence electrons. The summed E-state index contributed by atoms with van der Waals surface area (Å²) in [5.74, 6) is 0. The fraction of sp³-hybridized carbons (Fsp3) is 0. The largest absolute Gasteiger partial charge is 2.00 e. The summed E-state index contributed by atoms with van der Waals surface area (Å²) >= 11 is 0. The van der Waals surface area contributed by atoms with Gasteiger partial charge in [0.15, 0.2) is 0 Å². The first-order valence-corrected chi connectivity index (χ1v) is 12.6. The molecule has 0 fully saturated rings. The molecule has 0 aromatic carbocycles. The van der Waals surface area contributed by atoms with Gasteiger partial charge in [0.2, 0.25) is 0 Å². The molecule has 0 aliphatic rings. The van der Waals surface area contributed by atoms with Gasteiger partial charge < -0.3 is 352 Å². The first-order valence-electron chi connectivity index (χ1n) is 12.6. The fourth-order valence-corrected chi connectivity index (χ4v) is 0. The van der Waals surface area contributed by atoms with Gasteiger partial charge in [-0.2, -0.15) is 0 Å². The van der Waals surface area contributed by atoms with Crippen molar-refractivity contribution in [2.24, 2.45) is 0 Å². The van der Waals surface area contributed by atoms with Gasteiger partial charge in [-0.3, -0.25) is 0 Å². The van der Waals surface area contributed by atoms with E-state index in [4.69, 9.17) is 352 Å². The Kier molecular flexibility index (Phi) is 875. The van der Waals surface area contributed by atoms with E-state index in [-0.39, 0.29) is 379 Å². The maximum Gasteiger partial charge on any atom is 2.00 e. The van der Waals surface area contributed by atoms with Crippen LogP contribution in [0.5, 0.6) is 0 Å². The topological polar surface area (TPSA) is 1520 Å². The minimum atomic E-state index is -1.75. The molecule has 0 rings (SSSR count). The zero-order valence-corrected chi connectivity index (χ0v) is 68.4. The van der Waals surface area contributed by atoms with Gasteiger partial charge in [0.05, 0.1) is 117 Å². The molecule has 0 atom stereocenters. The molecular weight excluding hydrogens is 2780 g/mol. The molecule has 0 radical (unpaired) electrons. The summed E-state index contributed by atoms with van der Waals surface area (Å²) in [6, 6.07) is 0. The summed E-state index contributed by atoms with van der Waals surface area (Å²) in [6.07, 6.45) is 0. The van der Waals surface area contributed by atoms with Crippen LogP contribution in [0.4, 0.5) is 0 Å². The standard InChI is InChI=1S/23NO3.23Ni/c23*2-1(3)4;;;;;;;;;;;;;;;;;;;;;;;/q23*-1;23*+2. The third-order valence-corrected chi connectivity index (χ3v) is 0. The molecular formula is N23Ni23O69+23. The average molecular weight is 2780 g/mol. The Morgan fingerprint density at radius 3 is 0.0609 bits per heavy atom. The third kappa shape index (κ3) is 23700. The molecule has 92 nitrogen and oxygen atoms in total. The van der Waals surface area contributed by atoms with Crippen molar-refractivity contribution in [2.75, 3.05) is 0 Å². The monoisotopic (exact) mass is 2760 g/mol. The Balaban J connectivity index is -0.00000000975. The van der Waals surface area contributed by atoms with Crippen molar-refractivity contribution in [1.82, 2.24) is 0 Å². The normalized spacial score (nSPS) is 4.80. The number of nitrogens with zero attached hydrogens (tertiary/aromatic N) is 23. The van der Waals surface area contributed by atoms with Crippen LogP contribution in [0.15, 0.2) is 0 Å². The number of hydrogen-bond donors (Lipinski definition) is 0. The van der Waals surface area contributed by atoms with E-state index in [1.54, 1.807) is 0 Å². The van der Waals surface area contributed by atoms with E-state index in [2.05, 4.69) is 0 Å². The smallest absolute Gasteiger partial charge is 0.356 e. The van der Waals surface area contributed by atoms with E-state index in [0.717, 1.165) is 0 Å². The summed E-state index contributed by atoms with van der Waals surface area (Å²) in [5, 5.41) is 339. The van der Waals surface area contributed by atoms with Gasteiger partial charge in [-0.15, -0.1) is 0 Å². The number of rotatable bonds is 0. The Hall–Kier alpha value is -7.05. The van der Waals surface area contributed by atoms with Crippen molar-refractivity contribution in [1.29, 1.82) is 0 Å². The quantitative estimate of drug-likeness (QED) is 0.124. The first kappa shape index (κ1) is 322. The zero-order valence-electron chi connectivity index (χ0n) is 45.7. The van der Waals surface area contributed by atoms with Gasteiger partial charge in [0, 0.05) is 0 Å². The van der Waals surface area contributed by atoms with Crippen molar-refractivity contribution in [2.45, 2.75) is 0 Å². The van der Waals surface area contributed by atoms with Gasteiger partial charge in [0.1, 0.15) is 0 Å². The molecule has 0 unspecified atom stereocenters. The van der Waals surface area contributed by atoms with E-state index in [9.17, 15) is 0 Å². The minimum Gasteiger partial charge on any atom is -0.356 e. The molecule has 0 bridgehead atoms. The summed E-state index contributed by atoms with van der Waals surface area (Å²) < 4.78 is 0. The zero-order chi connectivity index (χ0) is 82.3. The van der Waals surface area contributed by atoms with Crippen LogP contribution in [-0.2, 0) is 379 Å². The van der Waals surface area contributed by atoms with Crippen LogP contribution in [-0.4, -0.2) is 117 Å². The second-order valence-electron chi connectivity index (χ2n) is 5.14. The maximum absolute atomic E-state index is 8.25. The van der Waals surface area contributed by atoms with E-state index in [0.29, 0.717) is 0 Å². The van der Waals surface area contributed by atoms with Crippen molar-refractivity contribution in [3.05, 3.63) is 352 Å². The van der Waals surface area contributed by atoms with Gasteiger partial charge >= 0.3 is 379 Å². The van der Waals surface area contributed by atoms with Crippen molar-refractivity contribution in [3.63, 3.8) is 0 Å². The molecule has 0 heterocycles. The Bertz CT molecular complexity index is 1310. The molecule has 0 spiro atoms. The number of hydrogen-bond acceptors (Lipinski definition) is 69.